The summed E-state index contributed by atoms with van der Waals surface area (Å²) in [5.74, 6) is 0. The molecule has 4 heteroatoms. The van der Waals surface area contributed by atoms with Crippen molar-refractivity contribution in [2.45, 2.75) is 19.9 Å². The summed E-state index contributed by atoms with van der Waals surface area (Å²) in [6.45, 7) is 4.10. The van der Waals surface area contributed by atoms with Crippen LogP contribution in [0.1, 0.15) is 24.2 Å². The van der Waals surface area contributed by atoms with Crippen LogP contribution in [0.3, 0.4) is 0 Å². The van der Waals surface area contributed by atoms with Crippen LogP contribution in [0.25, 0.3) is 0 Å². The van der Waals surface area contributed by atoms with Crippen molar-refractivity contribution in [2.75, 3.05) is 11.1 Å². The zero-order valence-corrected chi connectivity index (χ0v) is 10.2. The number of nitrogens with one attached hydrogen (secondary N) is 1. The van der Waals surface area contributed by atoms with Crippen LogP contribution in [0.2, 0.25) is 0 Å². The van der Waals surface area contributed by atoms with Crippen LogP contribution in [0.4, 0.5) is 10.8 Å². The van der Waals surface area contributed by atoms with Crippen molar-refractivity contribution in [1.29, 1.82) is 0 Å². The second-order valence-electron chi connectivity index (χ2n) is 3.83. The van der Waals surface area contributed by atoms with Gasteiger partial charge in [0.1, 0.15) is 0 Å². The molecule has 0 saturated heterocycles. The molecule has 84 valence electrons. The van der Waals surface area contributed by atoms with Crippen molar-refractivity contribution < 1.29 is 0 Å². The second kappa shape index (κ2) is 4.53. The standard InChI is InChI=1S/C12H15N3S/c1-8-7-16-12(14-8)15-9(2)10-4-3-5-11(13)6-10/h3-7,9H,13H2,1-2H3,(H,14,15). The van der Waals surface area contributed by atoms with Gasteiger partial charge in [0.2, 0.25) is 0 Å². The van der Waals surface area contributed by atoms with E-state index >= 15 is 0 Å². The first-order valence-corrected chi connectivity index (χ1v) is 6.07. The molecule has 0 amide bonds. The summed E-state index contributed by atoms with van der Waals surface area (Å²) < 4.78 is 0. The highest BCUT2D eigenvalue weighted by Gasteiger charge is 2.07. The van der Waals surface area contributed by atoms with Crippen LogP contribution in [0.5, 0.6) is 0 Å². The van der Waals surface area contributed by atoms with Gasteiger partial charge in [-0.05, 0) is 31.5 Å². The Morgan fingerprint density at radius 2 is 2.25 bits per heavy atom. The molecule has 0 aliphatic carbocycles. The molecule has 3 N–H and O–H groups in total. The molecule has 0 bridgehead atoms. The molecule has 3 nitrogen and oxygen atoms in total. The van der Waals surface area contributed by atoms with Gasteiger partial charge in [0.05, 0.1) is 11.7 Å². The lowest BCUT2D eigenvalue weighted by Gasteiger charge is -2.13. The number of nitrogens with two attached hydrogens (primary N) is 1. The Labute approximate surface area is 99.3 Å². The Hall–Kier alpha value is -1.55. The number of nitrogens with zero attached hydrogens (tertiary/aromatic N) is 1. The van der Waals surface area contributed by atoms with Crippen LogP contribution in [0, 0.1) is 6.92 Å². The van der Waals surface area contributed by atoms with E-state index in [0.717, 1.165) is 16.5 Å². The molecular weight excluding hydrogens is 218 g/mol. The predicted octanol–water partition coefficient (Wildman–Crippen LogP) is 3.21. The molecule has 0 spiro atoms. The lowest BCUT2D eigenvalue weighted by Crippen LogP contribution is -2.06. The average molecular weight is 233 g/mol. The van der Waals surface area contributed by atoms with Crippen molar-refractivity contribution in [2.24, 2.45) is 0 Å². The minimum atomic E-state index is 0.217. The number of anilines is 2. The lowest BCUT2D eigenvalue weighted by molar-refractivity contribution is 0.881. The second-order valence-corrected chi connectivity index (χ2v) is 4.69. The summed E-state index contributed by atoms with van der Waals surface area (Å²) in [6.07, 6.45) is 0. The molecule has 0 saturated carbocycles. The molecule has 1 aromatic carbocycles. The first-order valence-electron chi connectivity index (χ1n) is 5.19. The first-order chi connectivity index (χ1) is 7.65. The third kappa shape index (κ3) is 2.52. The Balaban J connectivity index is 2.11. The smallest absolute Gasteiger partial charge is 0.183 e. The summed E-state index contributed by atoms with van der Waals surface area (Å²) in [5.41, 5.74) is 8.77. The number of nitrogen functional groups attached to an aromatic ring is 1. The van der Waals surface area contributed by atoms with E-state index in [0.29, 0.717) is 0 Å². The minimum Gasteiger partial charge on any atom is -0.399 e. The van der Waals surface area contributed by atoms with Crippen molar-refractivity contribution in [3.05, 3.63) is 40.9 Å². The van der Waals surface area contributed by atoms with Crippen LogP contribution in [-0.4, -0.2) is 4.98 Å². The van der Waals surface area contributed by atoms with Crippen molar-refractivity contribution in [3.8, 4) is 0 Å². The molecule has 0 radical (unpaired) electrons. The minimum absolute atomic E-state index is 0.217. The molecule has 2 rings (SSSR count). The van der Waals surface area contributed by atoms with E-state index < -0.39 is 0 Å². The zero-order chi connectivity index (χ0) is 11.5. The SMILES string of the molecule is Cc1csc(NC(C)c2cccc(N)c2)n1. The number of aryl methyl sites for hydroxylation is 1. The average Bonchev–Trinajstić information content (AvgIpc) is 2.64. The van der Waals surface area contributed by atoms with Crippen LogP contribution >= 0.6 is 11.3 Å². The Morgan fingerprint density at radius 3 is 2.88 bits per heavy atom. The van der Waals surface area contributed by atoms with Gasteiger partial charge in [-0.15, -0.1) is 11.3 Å². The Kier molecular flexibility index (Phi) is 3.10. The molecular formula is C12H15N3S. The predicted molar refractivity (Wildman–Crippen MR) is 69.7 cm³/mol. The summed E-state index contributed by atoms with van der Waals surface area (Å²) >= 11 is 1.62. The van der Waals surface area contributed by atoms with Gasteiger partial charge in [-0.1, -0.05) is 12.1 Å². The number of hydrogen-bond donors (Lipinski definition) is 2. The van der Waals surface area contributed by atoms with E-state index in [1.807, 2.05) is 30.5 Å². The summed E-state index contributed by atoms with van der Waals surface area (Å²) in [6, 6.07) is 8.13. The normalized spacial score (nSPS) is 12.4. The summed E-state index contributed by atoms with van der Waals surface area (Å²) in [7, 11) is 0. The van der Waals surface area contributed by atoms with Crippen molar-refractivity contribution in [3.63, 3.8) is 0 Å². The van der Waals surface area contributed by atoms with Gasteiger partial charge in [-0.2, -0.15) is 0 Å². The van der Waals surface area contributed by atoms with Crippen LogP contribution in [-0.2, 0) is 0 Å². The topological polar surface area (TPSA) is 50.9 Å². The zero-order valence-electron chi connectivity index (χ0n) is 9.40. The maximum atomic E-state index is 5.75. The molecule has 1 heterocycles. The largest absolute Gasteiger partial charge is 0.399 e. The number of benzene rings is 1. The molecule has 0 fully saturated rings. The molecule has 0 aliphatic rings. The fraction of sp³-hybridized carbons (Fsp3) is 0.250. The lowest BCUT2D eigenvalue weighted by atomic mass is 10.1. The van der Waals surface area contributed by atoms with Gasteiger partial charge in [-0.3, -0.25) is 0 Å². The molecule has 1 aromatic heterocycles. The van der Waals surface area contributed by atoms with E-state index in [-0.39, 0.29) is 6.04 Å². The Morgan fingerprint density at radius 1 is 1.44 bits per heavy atom. The van der Waals surface area contributed by atoms with E-state index in [2.05, 4.69) is 23.3 Å². The number of hydrogen-bond acceptors (Lipinski definition) is 4. The van der Waals surface area contributed by atoms with E-state index in [1.54, 1.807) is 11.3 Å². The van der Waals surface area contributed by atoms with Crippen LogP contribution < -0.4 is 11.1 Å². The van der Waals surface area contributed by atoms with Crippen LogP contribution in [0.15, 0.2) is 29.6 Å². The first kappa shape index (κ1) is 11.0. The van der Waals surface area contributed by atoms with E-state index in [1.165, 1.54) is 5.56 Å². The van der Waals surface area contributed by atoms with Gasteiger partial charge >= 0.3 is 0 Å². The third-order valence-corrected chi connectivity index (χ3v) is 3.26. The third-order valence-electron chi connectivity index (χ3n) is 2.37. The molecule has 2 aromatic rings. The highest BCUT2D eigenvalue weighted by atomic mass is 32.1. The molecule has 0 aliphatic heterocycles. The quantitative estimate of drug-likeness (QED) is 0.800. The number of aromatic nitrogens is 1. The van der Waals surface area contributed by atoms with Gasteiger partial charge in [0.25, 0.3) is 0 Å². The Bertz CT molecular complexity index is 479. The maximum Gasteiger partial charge on any atom is 0.183 e. The highest BCUT2D eigenvalue weighted by Crippen LogP contribution is 2.23. The van der Waals surface area contributed by atoms with Gasteiger partial charge in [0.15, 0.2) is 5.13 Å². The van der Waals surface area contributed by atoms with Gasteiger partial charge in [0, 0.05) is 11.1 Å². The van der Waals surface area contributed by atoms with Crippen molar-refractivity contribution >= 4 is 22.2 Å². The molecule has 1 unspecified atom stereocenters. The van der Waals surface area contributed by atoms with Gasteiger partial charge < -0.3 is 11.1 Å². The fourth-order valence-corrected chi connectivity index (χ4v) is 2.29. The van der Waals surface area contributed by atoms with Gasteiger partial charge in [-0.25, -0.2) is 4.98 Å². The molecule has 16 heavy (non-hydrogen) atoms. The molecule has 1 atom stereocenters. The van der Waals surface area contributed by atoms with E-state index in [9.17, 15) is 0 Å². The van der Waals surface area contributed by atoms with Crippen molar-refractivity contribution in [1.82, 2.24) is 4.98 Å². The number of thiazole rings is 1. The summed E-state index contributed by atoms with van der Waals surface area (Å²) in [4.78, 5) is 4.37. The maximum absolute atomic E-state index is 5.75. The summed E-state index contributed by atoms with van der Waals surface area (Å²) in [5, 5.41) is 6.35. The van der Waals surface area contributed by atoms with E-state index in [4.69, 9.17) is 5.73 Å². The highest BCUT2D eigenvalue weighted by molar-refractivity contribution is 7.13. The monoisotopic (exact) mass is 233 g/mol. The number of rotatable bonds is 3. The fourth-order valence-electron chi connectivity index (χ4n) is 1.52.